The maximum Gasteiger partial charge on any atom is 0.254 e. The number of carbonyl (C=O) groups is 3. The van der Waals surface area contributed by atoms with Crippen LogP contribution in [0.3, 0.4) is 0 Å². The van der Waals surface area contributed by atoms with Gasteiger partial charge < -0.3 is 14.5 Å². The van der Waals surface area contributed by atoms with Gasteiger partial charge in [0, 0.05) is 23.3 Å². The van der Waals surface area contributed by atoms with Crippen LogP contribution in [0.25, 0.3) is 0 Å². The topological polar surface area (TPSA) is 70.2 Å². The molecule has 3 rings (SSSR count). The van der Waals surface area contributed by atoms with Crippen LogP contribution in [-0.4, -0.2) is 60.9 Å². The van der Waals surface area contributed by atoms with Gasteiger partial charge in [0.05, 0.1) is 13.2 Å². The number of hydrogen-bond donors (Lipinski definition) is 0. The lowest BCUT2D eigenvalue weighted by atomic mass is 10.2. The van der Waals surface area contributed by atoms with Crippen molar-refractivity contribution in [1.29, 1.82) is 0 Å². The number of anilines is 1. The van der Waals surface area contributed by atoms with Gasteiger partial charge in [-0.15, -0.1) is 0 Å². The van der Waals surface area contributed by atoms with Crippen LogP contribution in [0.4, 0.5) is 5.69 Å². The van der Waals surface area contributed by atoms with Gasteiger partial charge in [-0.2, -0.15) is 0 Å². The van der Waals surface area contributed by atoms with Crippen LogP contribution in [-0.2, 0) is 9.59 Å². The van der Waals surface area contributed by atoms with Crippen molar-refractivity contribution in [3.63, 3.8) is 0 Å². The van der Waals surface area contributed by atoms with Crippen LogP contribution in [0.5, 0.6) is 5.75 Å². The van der Waals surface area contributed by atoms with Crippen LogP contribution in [0.2, 0.25) is 5.02 Å². The molecule has 0 spiro atoms. The predicted octanol–water partition coefficient (Wildman–Crippen LogP) is 3.42. The van der Waals surface area contributed by atoms with Crippen LogP contribution in [0.15, 0.2) is 48.5 Å². The minimum Gasteiger partial charge on any atom is -0.494 e. The molecule has 1 aliphatic heterocycles. The van der Waals surface area contributed by atoms with E-state index in [1.165, 1.54) is 14.7 Å². The number of benzene rings is 2. The average Bonchev–Trinajstić information content (AvgIpc) is 3.16. The molecular formula is C23H26ClN3O4. The molecule has 8 heteroatoms. The Morgan fingerprint density at radius 2 is 1.77 bits per heavy atom. The van der Waals surface area contributed by atoms with E-state index in [4.69, 9.17) is 16.3 Å². The fourth-order valence-corrected chi connectivity index (χ4v) is 3.31. The number of likely N-dealkylation sites (N-methyl/N-ethyl adjacent to an activating group) is 1. The summed E-state index contributed by atoms with van der Waals surface area (Å²) < 4.78 is 5.61. The van der Waals surface area contributed by atoms with Crippen molar-refractivity contribution in [3.8, 4) is 5.75 Å². The molecule has 2 aromatic rings. The Morgan fingerprint density at radius 3 is 2.42 bits per heavy atom. The molecule has 0 aliphatic carbocycles. The monoisotopic (exact) mass is 443 g/mol. The Bertz CT molecular complexity index is 931. The highest BCUT2D eigenvalue weighted by molar-refractivity contribution is 6.30. The largest absolute Gasteiger partial charge is 0.494 e. The number of rotatable bonds is 8. The number of amides is 3. The van der Waals surface area contributed by atoms with Crippen LogP contribution in [0, 0.1) is 0 Å². The highest BCUT2D eigenvalue weighted by atomic mass is 35.5. The molecule has 0 N–H and O–H groups in total. The van der Waals surface area contributed by atoms with Crippen molar-refractivity contribution in [1.82, 2.24) is 9.80 Å². The first kappa shape index (κ1) is 22.6. The van der Waals surface area contributed by atoms with Crippen molar-refractivity contribution in [2.24, 2.45) is 0 Å². The van der Waals surface area contributed by atoms with Crippen molar-refractivity contribution in [2.45, 2.75) is 19.8 Å². The van der Waals surface area contributed by atoms with E-state index < -0.39 is 0 Å². The summed E-state index contributed by atoms with van der Waals surface area (Å²) in [5.74, 6) is -0.0290. The molecular weight excluding hydrogens is 418 g/mol. The normalized spacial score (nSPS) is 13.5. The molecule has 0 bridgehead atoms. The van der Waals surface area contributed by atoms with Crippen LogP contribution < -0.4 is 9.64 Å². The number of nitrogens with zero attached hydrogens (tertiary/aromatic N) is 3. The quantitative estimate of drug-likeness (QED) is 0.586. The molecule has 0 unspecified atom stereocenters. The predicted molar refractivity (Wildman–Crippen MR) is 119 cm³/mol. The number of ether oxygens (including phenoxy) is 1. The zero-order valence-corrected chi connectivity index (χ0v) is 18.5. The summed E-state index contributed by atoms with van der Waals surface area (Å²) in [7, 11) is 1.57. The molecule has 0 saturated carbocycles. The fraction of sp³-hybridized carbons (Fsp3) is 0.348. The molecule has 1 fully saturated rings. The van der Waals surface area contributed by atoms with E-state index in [0.29, 0.717) is 28.6 Å². The summed E-state index contributed by atoms with van der Waals surface area (Å²) in [4.78, 5) is 42.0. The van der Waals surface area contributed by atoms with Crippen LogP contribution >= 0.6 is 11.6 Å². The van der Waals surface area contributed by atoms with E-state index >= 15 is 0 Å². The van der Waals surface area contributed by atoms with Crippen molar-refractivity contribution >= 4 is 35.0 Å². The summed E-state index contributed by atoms with van der Waals surface area (Å²) in [5, 5.41) is 0.573. The number of halogens is 1. The zero-order valence-electron chi connectivity index (χ0n) is 17.7. The Kier molecular flexibility index (Phi) is 7.52. The Labute approximate surface area is 187 Å². The third-order valence-electron chi connectivity index (χ3n) is 5.02. The minimum absolute atomic E-state index is 0.0205. The lowest BCUT2D eigenvalue weighted by Crippen LogP contribution is -2.40. The highest BCUT2D eigenvalue weighted by Gasteiger charge is 2.32. The molecule has 164 valence electrons. The Balaban J connectivity index is 1.55. The molecule has 3 amide bonds. The van der Waals surface area contributed by atoms with E-state index in [1.54, 1.807) is 55.6 Å². The first-order valence-electron chi connectivity index (χ1n) is 10.2. The van der Waals surface area contributed by atoms with Gasteiger partial charge in [-0.25, -0.2) is 0 Å². The third kappa shape index (κ3) is 5.76. The fourth-order valence-electron chi connectivity index (χ4n) is 3.19. The molecule has 7 nitrogen and oxygen atoms in total. The minimum atomic E-state index is -0.291. The molecule has 31 heavy (non-hydrogen) atoms. The Morgan fingerprint density at radius 1 is 1.10 bits per heavy atom. The maximum absolute atomic E-state index is 12.7. The first-order valence-corrected chi connectivity index (χ1v) is 10.6. The van der Waals surface area contributed by atoms with Crippen LogP contribution in [0.1, 0.15) is 30.1 Å². The van der Waals surface area contributed by atoms with Gasteiger partial charge in [-0.3, -0.25) is 19.3 Å². The standard InChI is InChI=1S/C23H26ClN3O4/c1-3-4-13-31-20-11-5-17(6-12-20)23(30)25(2)14-21(28)26-15-22(29)27(16-26)19-9-7-18(24)8-10-19/h5-12H,3-4,13-16H2,1-2H3. The molecule has 2 aromatic carbocycles. The molecule has 0 aromatic heterocycles. The average molecular weight is 444 g/mol. The second-order valence-electron chi connectivity index (χ2n) is 7.42. The Hall–Kier alpha value is -3.06. The molecule has 0 radical (unpaired) electrons. The molecule has 1 saturated heterocycles. The van der Waals surface area contributed by atoms with Crippen molar-refractivity contribution < 1.29 is 19.1 Å². The second-order valence-corrected chi connectivity index (χ2v) is 7.86. The van der Waals surface area contributed by atoms with Gasteiger partial charge >= 0.3 is 0 Å². The summed E-state index contributed by atoms with van der Waals surface area (Å²) in [6.45, 7) is 2.74. The smallest absolute Gasteiger partial charge is 0.254 e. The van der Waals surface area contributed by atoms with E-state index in [1.807, 2.05) is 0 Å². The SMILES string of the molecule is CCCCOc1ccc(C(=O)N(C)CC(=O)N2CC(=O)N(c3ccc(Cl)cc3)C2)cc1. The maximum atomic E-state index is 12.7. The van der Waals surface area contributed by atoms with Gasteiger partial charge in [0.15, 0.2) is 0 Å². The van der Waals surface area contributed by atoms with Gasteiger partial charge in [-0.1, -0.05) is 24.9 Å². The third-order valence-corrected chi connectivity index (χ3v) is 5.27. The van der Waals surface area contributed by atoms with Crippen molar-refractivity contribution in [3.05, 3.63) is 59.1 Å². The number of unbranched alkanes of at least 4 members (excludes halogenated alkanes) is 1. The summed E-state index contributed by atoms with van der Waals surface area (Å²) in [6, 6.07) is 13.7. The molecule has 1 heterocycles. The van der Waals surface area contributed by atoms with E-state index in [-0.39, 0.29) is 37.5 Å². The molecule has 0 atom stereocenters. The first-order chi connectivity index (χ1) is 14.9. The van der Waals surface area contributed by atoms with Gasteiger partial charge in [0.1, 0.15) is 19.0 Å². The number of carbonyl (C=O) groups excluding carboxylic acids is 3. The van der Waals surface area contributed by atoms with Crippen molar-refractivity contribution in [2.75, 3.05) is 38.3 Å². The van der Waals surface area contributed by atoms with E-state index in [2.05, 4.69) is 6.92 Å². The molecule has 1 aliphatic rings. The van der Waals surface area contributed by atoms with E-state index in [0.717, 1.165) is 12.8 Å². The summed E-state index contributed by atoms with van der Waals surface area (Å²) >= 11 is 5.90. The van der Waals surface area contributed by atoms with Gasteiger partial charge in [0.25, 0.3) is 5.91 Å². The lowest BCUT2D eigenvalue weighted by molar-refractivity contribution is -0.132. The second kappa shape index (κ2) is 10.3. The summed E-state index contributed by atoms with van der Waals surface area (Å²) in [6.07, 6.45) is 2.02. The highest BCUT2D eigenvalue weighted by Crippen LogP contribution is 2.22. The lowest BCUT2D eigenvalue weighted by Gasteiger charge is -2.22. The summed E-state index contributed by atoms with van der Waals surface area (Å²) in [5.41, 5.74) is 1.15. The van der Waals surface area contributed by atoms with Gasteiger partial charge in [0.2, 0.25) is 11.8 Å². The van der Waals surface area contributed by atoms with Gasteiger partial charge in [-0.05, 0) is 55.0 Å². The number of hydrogen-bond acceptors (Lipinski definition) is 4. The zero-order chi connectivity index (χ0) is 22.4. The van der Waals surface area contributed by atoms with E-state index in [9.17, 15) is 14.4 Å².